The first-order chi connectivity index (χ1) is 21.2. The van der Waals surface area contributed by atoms with Crippen molar-refractivity contribution in [1.82, 2.24) is 4.90 Å². The summed E-state index contributed by atoms with van der Waals surface area (Å²) < 4.78 is 2.73. The number of hydrogen-bond donors (Lipinski definition) is 0. The van der Waals surface area contributed by atoms with Crippen molar-refractivity contribution in [3.8, 4) is 0 Å². The molecule has 0 radical (unpaired) electrons. The summed E-state index contributed by atoms with van der Waals surface area (Å²) in [5.41, 5.74) is 1.43. The van der Waals surface area contributed by atoms with Gasteiger partial charge < -0.3 is 9.47 Å². The number of rotatable bonds is 20. The van der Waals surface area contributed by atoms with Crippen molar-refractivity contribution in [2.75, 3.05) is 30.7 Å². The highest BCUT2D eigenvalue weighted by atomic mass is 28.3. The molecule has 1 heterocycles. The van der Waals surface area contributed by atoms with Crippen LogP contribution >= 0.6 is 0 Å². The molecular formula is C40H82Al2N2Si. The molecule has 2 nitrogen and oxygen atoms in total. The zero-order valence-electron chi connectivity index (χ0n) is 33.3. The van der Waals surface area contributed by atoms with Crippen LogP contribution in [0.4, 0.5) is 5.69 Å². The number of hydrogen-bond acceptors (Lipinski definition) is 2. The van der Waals surface area contributed by atoms with Crippen LogP contribution in [0.2, 0.25) is 51.3 Å². The molecule has 0 aliphatic carbocycles. The monoisotopic (exact) mass is 673 g/mol. The Balaban J connectivity index is 0.000000735. The molecule has 0 amide bonds. The second-order valence-corrected chi connectivity index (χ2v) is 28.5. The van der Waals surface area contributed by atoms with Gasteiger partial charge in [0.2, 0.25) is 0 Å². The molecule has 45 heavy (non-hydrogen) atoms. The van der Waals surface area contributed by atoms with Crippen molar-refractivity contribution < 1.29 is 0 Å². The molecule has 0 N–H and O–H groups in total. The molecule has 0 spiro atoms. The van der Waals surface area contributed by atoms with E-state index in [1.807, 2.05) is 0 Å². The summed E-state index contributed by atoms with van der Waals surface area (Å²) in [4.78, 5) is 2.57. The lowest BCUT2D eigenvalue weighted by Crippen LogP contribution is -2.47. The minimum absolute atomic E-state index is 0.367. The first kappa shape index (κ1) is 45.3. The Bertz CT molecular complexity index is 752. The smallest absolute Gasteiger partial charge is 0.262 e. The van der Waals surface area contributed by atoms with Crippen molar-refractivity contribution >= 4 is 42.2 Å². The molecule has 1 aromatic rings. The lowest BCUT2D eigenvalue weighted by atomic mass is 10.3. The zero-order chi connectivity index (χ0) is 34.3. The van der Waals surface area contributed by atoms with Crippen molar-refractivity contribution in [1.29, 1.82) is 0 Å². The number of anilines is 1. The fourth-order valence-corrected chi connectivity index (χ4v) is 17.4. The van der Waals surface area contributed by atoms with E-state index in [9.17, 15) is 0 Å². The first-order valence-corrected chi connectivity index (χ1v) is 28.1. The molecule has 1 aromatic carbocycles. The molecular weight excluding hydrogens is 591 g/mol. The molecule has 0 atom stereocenters. The van der Waals surface area contributed by atoms with Crippen molar-refractivity contribution in [3.05, 3.63) is 30.3 Å². The Morgan fingerprint density at radius 1 is 0.644 bits per heavy atom. The van der Waals surface area contributed by atoms with E-state index in [0.717, 1.165) is 23.7 Å². The topological polar surface area (TPSA) is 6.48 Å². The third-order valence-electron chi connectivity index (χ3n) is 9.08. The molecule has 1 aliphatic heterocycles. The van der Waals surface area contributed by atoms with Gasteiger partial charge in [0, 0.05) is 12.2 Å². The van der Waals surface area contributed by atoms with Gasteiger partial charge in [0.15, 0.2) is 0 Å². The van der Waals surface area contributed by atoms with Crippen LogP contribution in [0.1, 0.15) is 114 Å². The van der Waals surface area contributed by atoms with Crippen LogP contribution in [0.3, 0.4) is 0 Å². The second kappa shape index (κ2) is 27.1. The van der Waals surface area contributed by atoms with Crippen molar-refractivity contribution in [3.63, 3.8) is 0 Å². The molecule has 1 fully saturated rings. The number of para-hydroxylation sites is 1. The average Bonchev–Trinajstić information content (AvgIpc) is 3.46. The van der Waals surface area contributed by atoms with Crippen LogP contribution in [0.5, 0.6) is 0 Å². The molecule has 1 aliphatic rings. The summed E-state index contributed by atoms with van der Waals surface area (Å²) in [6.45, 7) is 36.4. The van der Waals surface area contributed by atoms with Crippen LogP contribution in [0, 0.1) is 23.7 Å². The Hall–Kier alpha value is 0.262. The van der Waals surface area contributed by atoms with Gasteiger partial charge >= 0.3 is 0 Å². The van der Waals surface area contributed by atoms with Gasteiger partial charge in [-0.2, -0.15) is 0 Å². The van der Waals surface area contributed by atoms with E-state index in [1.54, 1.807) is 15.8 Å². The minimum Gasteiger partial charge on any atom is -0.398 e. The zero-order valence-corrected chi connectivity index (χ0v) is 36.6. The lowest BCUT2D eigenvalue weighted by Gasteiger charge is -2.37. The van der Waals surface area contributed by atoms with Crippen molar-refractivity contribution in [2.45, 2.75) is 166 Å². The molecule has 5 heteroatoms. The third kappa shape index (κ3) is 25.9. The number of unbranched alkanes of at least 4 members (excludes halogenated alkanes) is 2. The molecule has 0 bridgehead atoms. The average molecular weight is 673 g/mol. The van der Waals surface area contributed by atoms with Crippen molar-refractivity contribution in [2.24, 2.45) is 23.7 Å². The molecule has 1 saturated heterocycles. The fraction of sp³-hybridized carbons (Fsp3) is 0.850. The van der Waals surface area contributed by atoms with Crippen LogP contribution in [-0.2, 0) is 0 Å². The highest BCUT2D eigenvalue weighted by Crippen LogP contribution is 2.24. The van der Waals surface area contributed by atoms with Gasteiger partial charge in [0.1, 0.15) is 8.24 Å². The van der Waals surface area contributed by atoms with E-state index in [2.05, 4.69) is 129 Å². The predicted octanol–water partition coefficient (Wildman–Crippen LogP) is 13.0. The maximum atomic E-state index is 2.73. The second-order valence-electron chi connectivity index (χ2n) is 17.1. The van der Waals surface area contributed by atoms with Gasteiger partial charge in [0.25, 0.3) is 28.3 Å². The van der Waals surface area contributed by atoms with Gasteiger partial charge in [-0.1, -0.05) is 182 Å². The predicted molar refractivity (Wildman–Crippen MR) is 217 cm³/mol. The highest BCUT2D eigenvalue weighted by Gasteiger charge is 2.25. The van der Waals surface area contributed by atoms with Crippen LogP contribution < -0.4 is 4.57 Å². The third-order valence-corrected chi connectivity index (χ3v) is 20.1. The summed E-state index contributed by atoms with van der Waals surface area (Å²) in [5, 5.41) is 9.29. The maximum Gasteiger partial charge on any atom is 0.262 e. The fourth-order valence-electron chi connectivity index (χ4n) is 7.21. The Morgan fingerprint density at radius 2 is 1.07 bits per heavy atom. The standard InChI is InChI=1S/C12H20NSi.C8H17N.5C4H9.2Al/c1-5-11-13(14(2,3)4)12-9-7-6-8-10-12;1-2-3-6-9-7-4-5-8-9;4*1-4(2)3;1-3-4-2;;/h6-10H,1,5,11H2,2-4H3;2-8H2,1H3;4*4H,1H2,2-3H3;1,3-4H2,2H3;;. The molecule has 262 valence electrons. The number of benzene rings is 1. The minimum atomic E-state index is -1.31. The number of nitrogens with zero attached hydrogens (tertiary/aromatic N) is 2. The van der Waals surface area contributed by atoms with Gasteiger partial charge in [0.05, 0.1) is 0 Å². The highest BCUT2D eigenvalue weighted by molar-refractivity contribution is 6.79. The maximum absolute atomic E-state index is 2.73. The summed E-state index contributed by atoms with van der Waals surface area (Å²) >= 11 is -0.935. The molecule has 2 rings (SSSR count). The van der Waals surface area contributed by atoms with Gasteiger partial charge in [-0.25, -0.2) is 0 Å². The Labute approximate surface area is 295 Å². The molecule has 0 aromatic heterocycles. The van der Waals surface area contributed by atoms with E-state index in [4.69, 9.17) is 0 Å². The molecule has 0 saturated carbocycles. The van der Waals surface area contributed by atoms with E-state index in [0.29, 0.717) is 0 Å². The van der Waals surface area contributed by atoms with E-state index < -0.39 is 22.4 Å². The number of likely N-dealkylation sites (tertiary alicyclic amines) is 1. The SMILES string of the molecule is CC(C)[CH2][Al]([CH2]CCN(c1ccccc1)[Si](C)(C)C)[CH2]C(C)C.CCCCN1CCCC1.CCC[CH2][Al]([CH2]C(C)C)[CH2]C(C)C. The lowest BCUT2D eigenvalue weighted by molar-refractivity contribution is 0.332. The van der Waals surface area contributed by atoms with Gasteiger partial charge in [-0.15, -0.1) is 0 Å². The van der Waals surface area contributed by atoms with E-state index in [-0.39, 0.29) is 14.1 Å². The van der Waals surface area contributed by atoms with Crippen LogP contribution in [0.25, 0.3) is 0 Å². The van der Waals surface area contributed by atoms with Gasteiger partial charge in [-0.05, 0) is 57.5 Å². The molecule has 0 unspecified atom stereocenters. The van der Waals surface area contributed by atoms with Crippen LogP contribution in [-0.4, -0.2) is 67.6 Å². The summed E-state index contributed by atoms with van der Waals surface area (Å²) in [5.74, 6) is 3.64. The van der Waals surface area contributed by atoms with E-state index >= 15 is 0 Å². The van der Waals surface area contributed by atoms with E-state index in [1.165, 1.54) is 92.7 Å². The Morgan fingerprint density at radius 3 is 1.44 bits per heavy atom. The van der Waals surface area contributed by atoms with Crippen LogP contribution in [0.15, 0.2) is 30.3 Å². The summed E-state index contributed by atoms with van der Waals surface area (Å²) in [6, 6.07) is 11.1. The normalized spacial score (nSPS) is 13.6. The largest absolute Gasteiger partial charge is 0.398 e. The summed E-state index contributed by atoms with van der Waals surface area (Å²) in [7, 11) is -1.31. The van der Waals surface area contributed by atoms with Gasteiger partial charge in [-0.3, -0.25) is 0 Å². The quantitative estimate of drug-likeness (QED) is 0.127. The Kier molecular flexibility index (Phi) is 27.3. The summed E-state index contributed by atoms with van der Waals surface area (Å²) in [6.07, 6.45) is 9.86. The first-order valence-electron chi connectivity index (χ1n) is 19.7.